The molecule has 1 aromatic heterocycles. The van der Waals surface area contributed by atoms with E-state index in [9.17, 15) is 13.2 Å². The van der Waals surface area contributed by atoms with Crippen LogP contribution in [0.25, 0.3) is 10.2 Å². The van der Waals surface area contributed by atoms with Gasteiger partial charge in [-0.05, 0) is 45.1 Å². The maximum atomic E-state index is 12.8. The second-order valence-corrected chi connectivity index (χ2v) is 9.82. The standard InChI is InChI=1S/C17H26N4O3S2/c1-12-7-8-14-16(13(12)2)18-17(25-14)21(10-9-19(3)4)15(22)11-20(5)26(6,23)24/h7-8H,9-11H2,1-6H3. The Balaban J connectivity index is 2.38. The highest BCUT2D eigenvalue weighted by molar-refractivity contribution is 7.88. The summed E-state index contributed by atoms with van der Waals surface area (Å²) in [6, 6.07) is 4.05. The van der Waals surface area contributed by atoms with Crippen LogP contribution in [0.3, 0.4) is 0 Å². The van der Waals surface area contributed by atoms with Crippen molar-refractivity contribution in [3.63, 3.8) is 0 Å². The van der Waals surface area contributed by atoms with Gasteiger partial charge in [-0.15, -0.1) is 0 Å². The average molecular weight is 399 g/mol. The second kappa shape index (κ2) is 7.99. The molecule has 0 atom stereocenters. The number of carbonyl (C=O) groups is 1. The monoisotopic (exact) mass is 398 g/mol. The Bertz CT molecular complexity index is 906. The molecule has 0 aliphatic carbocycles. The maximum Gasteiger partial charge on any atom is 0.244 e. The summed E-state index contributed by atoms with van der Waals surface area (Å²) < 4.78 is 25.4. The first-order valence-corrected chi connectivity index (χ1v) is 10.9. The van der Waals surface area contributed by atoms with Gasteiger partial charge in [0.15, 0.2) is 5.13 Å². The topological polar surface area (TPSA) is 73.8 Å². The van der Waals surface area contributed by atoms with Gasteiger partial charge in [0.1, 0.15) is 0 Å². The van der Waals surface area contributed by atoms with Crippen LogP contribution >= 0.6 is 11.3 Å². The molecule has 2 aromatic rings. The lowest BCUT2D eigenvalue weighted by Gasteiger charge is -2.24. The lowest BCUT2D eigenvalue weighted by Crippen LogP contribution is -2.43. The third kappa shape index (κ3) is 4.79. The van der Waals surface area contributed by atoms with Gasteiger partial charge in [-0.25, -0.2) is 13.4 Å². The van der Waals surface area contributed by atoms with E-state index in [1.807, 2.05) is 45.0 Å². The van der Waals surface area contributed by atoms with E-state index < -0.39 is 10.0 Å². The van der Waals surface area contributed by atoms with Crippen molar-refractivity contribution in [1.82, 2.24) is 14.2 Å². The number of thiazole rings is 1. The highest BCUT2D eigenvalue weighted by Gasteiger charge is 2.24. The summed E-state index contributed by atoms with van der Waals surface area (Å²) in [4.78, 5) is 21.0. The molecule has 0 bridgehead atoms. The Hall–Kier alpha value is -1.55. The van der Waals surface area contributed by atoms with Crippen molar-refractivity contribution in [2.45, 2.75) is 13.8 Å². The molecule has 2 rings (SSSR count). The van der Waals surface area contributed by atoms with Crippen molar-refractivity contribution in [1.29, 1.82) is 0 Å². The van der Waals surface area contributed by atoms with Gasteiger partial charge in [-0.3, -0.25) is 9.69 Å². The first-order valence-electron chi connectivity index (χ1n) is 8.24. The Kier molecular flexibility index (Phi) is 6.38. The van der Waals surface area contributed by atoms with Crippen molar-refractivity contribution in [2.75, 3.05) is 51.9 Å². The quantitative estimate of drug-likeness (QED) is 0.710. The van der Waals surface area contributed by atoms with E-state index in [-0.39, 0.29) is 12.5 Å². The molecule has 0 N–H and O–H groups in total. The van der Waals surface area contributed by atoms with E-state index >= 15 is 0 Å². The van der Waals surface area contributed by atoms with Crippen LogP contribution in [-0.2, 0) is 14.8 Å². The molecule has 0 saturated heterocycles. The number of hydrogen-bond acceptors (Lipinski definition) is 6. The maximum absolute atomic E-state index is 12.8. The number of amides is 1. The molecule has 0 aliphatic heterocycles. The van der Waals surface area contributed by atoms with Crippen LogP contribution in [0.1, 0.15) is 11.1 Å². The second-order valence-electron chi connectivity index (χ2n) is 6.72. The van der Waals surface area contributed by atoms with E-state index in [1.54, 1.807) is 4.90 Å². The Morgan fingerprint density at radius 1 is 1.15 bits per heavy atom. The van der Waals surface area contributed by atoms with E-state index in [0.29, 0.717) is 18.2 Å². The number of likely N-dealkylation sites (N-methyl/N-ethyl adjacent to an activating group) is 2. The van der Waals surface area contributed by atoms with Crippen LogP contribution in [-0.4, -0.2) is 75.5 Å². The van der Waals surface area contributed by atoms with Gasteiger partial charge in [0.05, 0.1) is 23.0 Å². The van der Waals surface area contributed by atoms with E-state index in [2.05, 4.69) is 4.98 Å². The fourth-order valence-corrected chi connectivity index (χ4v) is 3.76. The van der Waals surface area contributed by atoms with Gasteiger partial charge in [0.25, 0.3) is 0 Å². The summed E-state index contributed by atoms with van der Waals surface area (Å²) in [6.45, 7) is 4.94. The number of carbonyl (C=O) groups excluding carboxylic acids is 1. The van der Waals surface area contributed by atoms with Gasteiger partial charge >= 0.3 is 0 Å². The third-order valence-corrected chi connectivity index (χ3v) is 6.61. The highest BCUT2D eigenvalue weighted by atomic mass is 32.2. The van der Waals surface area contributed by atoms with Gasteiger partial charge in [-0.2, -0.15) is 4.31 Å². The predicted molar refractivity (Wildman–Crippen MR) is 107 cm³/mol. The fourth-order valence-electron chi connectivity index (χ4n) is 2.35. The highest BCUT2D eigenvalue weighted by Crippen LogP contribution is 2.32. The molecule has 0 saturated carbocycles. The molecule has 0 spiro atoms. The number of rotatable bonds is 7. The van der Waals surface area contributed by atoms with Gasteiger partial charge in [0.2, 0.25) is 15.9 Å². The van der Waals surface area contributed by atoms with Crippen LogP contribution < -0.4 is 4.90 Å². The molecule has 1 heterocycles. The van der Waals surface area contributed by atoms with Crippen molar-refractivity contribution in [2.24, 2.45) is 0 Å². The molecule has 144 valence electrons. The van der Waals surface area contributed by atoms with Crippen molar-refractivity contribution in [3.8, 4) is 0 Å². The van der Waals surface area contributed by atoms with Crippen molar-refractivity contribution >= 4 is 42.6 Å². The summed E-state index contributed by atoms with van der Waals surface area (Å²) >= 11 is 1.45. The number of nitrogens with zero attached hydrogens (tertiary/aromatic N) is 4. The summed E-state index contributed by atoms with van der Waals surface area (Å²) in [5, 5.41) is 0.599. The molecule has 0 radical (unpaired) electrons. The van der Waals surface area contributed by atoms with Crippen LogP contribution in [0.15, 0.2) is 12.1 Å². The van der Waals surface area contributed by atoms with Gasteiger partial charge < -0.3 is 4.90 Å². The van der Waals surface area contributed by atoms with Gasteiger partial charge in [-0.1, -0.05) is 17.4 Å². The van der Waals surface area contributed by atoms with Crippen LogP contribution in [0.5, 0.6) is 0 Å². The third-order valence-electron chi connectivity index (χ3n) is 4.30. The number of hydrogen-bond donors (Lipinski definition) is 0. The van der Waals surface area contributed by atoms with Gasteiger partial charge in [0, 0.05) is 20.1 Å². The molecule has 9 heteroatoms. The molecule has 0 fully saturated rings. The van der Waals surface area contributed by atoms with Crippen LogP contribution in [0.2, 0.25) is 0 Å². The fraction of sp³-hybridized carbons (Fsp3) is 0.529. The molecular weight excluding hydrogens is 372 g/mol. The molecule has 0 aliphatic rings. The molecule has 1 aromatic carbocycles. The predicted octanol–water partition coefficient (Wildman–Crippen LogP) is 1.70. The largest absolute Gasteiger partial charge is 0.308 e. The zero-order chi connectivity index (χ0) is 19.6. The normalized spacial score (nSPS) is 12.3. The first-order chi connectivity index (χ1) is 12.0. The summed E-state index contributed by atoms with van der Waals surface area (Å²) in [6.07, 6.45) is 1.09. The number of sulfonamides is 1. The Morgan fingerprint density at radius 2 is 1.81 bits per heavy atom. The number of aromatic nitrogens is 1. The summed E-state index contributed by atoms with van der Waals surface area (Å²) in [5.41, 5.74) is 3.14. The van der Waals surface area contributed by atoms with E-state index in [4.69, 9.17) is 0 Å². The van der Waals surface area contributed by atoms with Crippen LogP contribution in [0, 0.1) is 13.8 Å². The molecule has 7 nitrogen and oxygen atoms in total. The van der Waals surface area contributed by atoms with E-state index in [1.165, 1.54) is 18.4 Å². The van der Waals surface area contributed by atoms with Crippen LogP contribution in [0.4, 0.5) is 5.13 Å². The molecule has 26 heavy (non-hydrogen) atoms. The Morgan fingerprint density at radius 3 is 2.38 bits per heavy atom. The molecule has 1 amide bonds. The number of aryl methyl sites for hydroxylation is 2. The minimum Gasteiger partial charge on any atom is -0.308 e. The number of anilines is 1. The van der Waals surface area contributed by atoms with Crippen molar-refractivity contribution in [3.05, 3.63) is 23.3 Å². The molecular formula is C17H26N4O3S2. The average Bonchev–Trinajstić information content (AvgIpc) is 2.94. The SMILES string of the molecule is Cc1ccc2sc(N(CCN(C)C)C(=O)CN(C)S(C)(=O)=O)nc2c1C. The smallest absolute Gasteiger partial charge is 0.244 e. The molecule has 0 unspecified atom stereocenters. The first kappa shape index (κ1) is 20.8. The number of fused-ring (bicyclic) bond motifs is 1. The Labute approximate surface area is 159 Å². The van der Waals surface area contributed by atoms with Crippen molar-refractivity contribution < 1.29 is 13.2 Å². The summed E-state index contributed by atoms with van der Waals surface area (Å²) in [5.74, 6) is -0.284. The minimum atomic E-state index is -3.42. The van der Waals surface area contributed by atoms with E-state index in [0.717, 1.165) is 31.9 Å². The number of benzene rings is 1. The zero-order valence-electron chi connectivity index (χ0n) is 16.1. The summed E-state index contributed by atoms with van der Waals surface area (Å²) in [7, 11) is 1.84. The lowest BCUT2D eigenvalue weighted by molar-refractivity contribution is -0.118. The lowest BCUT2D eigenvalue weighted by atomic mass is 10.1. The minimum absolute atomic E-state index is 0.208. The zero-order valence-corrected chi connectivity index (χ0v) is 17.7.